The van der Waals surface area contributed by atoms with E-state index in [-0.39, 0.29) is 22.7 Å². The fourth-order valence-electron chi connectivity index (χ4n) is 2.12. The van der Waals surface area contributed by atoms with Crippen LogP contribution in [0.2, 0.25) is 0 Å². The van der Waals surface area contributed by atoms with Crippen LogP contribution in [0, 0.1) is 11.2 Å². The van der Waals surface area contributed by atoms with Crippen molar-refractivity contribution in [1.82, 2.24) is 0 Å². The highest BCUT2D eigenvalue weighted by molar-refractivity contribution is 5.93. The fourth-order valence-corrected chi connectivity index (χ4v) is 2.12. The third kappa shape index (κ3) is 2.06. The van der Waals surface area contributed by atoms with E-state index in [4.69, 9.17) is 5.73 Å². The highest BCUT2D eigenvalue weighted by atomic mass is 19.1. The molecule has 1 aromatic carbocycles. The van der Waals surface area contributed by atoms with E-state index >= 15 is 0 Å². The minimum absolute atomic E-state index is 0.0230. The van der Waals surface area contributed by atoms with Gasteiger partial charge in [-0.2, -0.15) is 0 Å². The van der Waals surface area contributed by atoms with Gasteiger partial charge in [-0.05, 0) is 24.6 Å². The van der Waals surface area contributed by atoms with E-state index in [2.05, 4.69) is 5.32 Å². The number of aliphatic hydroxyl groups is 1. The quantitative estimate of drug-likeness (QED) is 0.763. The van der Waals surface area contributed by atoms with Crippen molar-refractivity contribution in [1.29, 1.82) is 0 Å². The van der Waals surface area contributed by atoms with E-state index in [0.29, 0.717) is 6.42 Å². The molecule has 18 heavy (non-hydrogen) atoms. The third-order valence-electron chi connectivity index (χ3n) is 3.80. The van der Waals surface area contributed by atoms with Crippen LogP contribution in [-0.4, -0.2) is 23.2 Å². The van der Waals surface area contributed by atoms with Gasteiger partial charge in [0.25, 0.3) is 0 Å². The molecular weight excluding hydrogens is 235 g/mol. The third-order valence-corrected chi connectivity index (χ3v) is 3.80. The van der Waals surface area contributed by atoms with Crippen LogP contribution in [0.25, 0.3) is 0 Å². The van der Waals surface area contributed by atoms with Crippen molar-refractivity contribution in [3.05, 3.63) is 29.6 Å². The lowest BCUT2D eigenvalue weighted by Gasteiger charge is -2.49. The Morgan fingerprint density at radius 2 is 2.22 bits per heavy atom. The van der Waals surface area contributed by atoms with Crippen molar-refractivity contribution in [2.45, 2.75) is 32.4 Å². The molecule has 0 spiro atoms. The summed E-state index contributed by atoms with van der Waals surface area (Å²) >= 11 is 0. The summed E-state index contributed by atoms with van der Waals surface area (Å²) in [6.07, 6.45) is 0.171. The smallest absolute Gasteiger partial charge is 0.248 e. The largest absolute Gasteiger partial charge is 0.392 e. The Morgan fingerprint density at radius 1 is 1.56 bits per heavy atom. The van der Waals surface area contributed by atoms with E-state index in [1.807, 2.05) is 13.8 Å². The molecule has 0 aliphatic heterocycles. The normalized spacial score (nSPS) is 25.3. The standard InChI is InChI=1S/C13H17FN2O2/c1-13(2)10(6-11(13)17)16-9-5-7(12(15)18)3-4-8(9)14/h3-5,10-11,16-17H,6H2,1-2H3,(H2,15,18). The van der Waals surface area contributed by atoms with Crippen LogP contribution in [-0.2, 0) is 0 Å². The lowest BCUT2D eigenvalue weighted by molar-refractivity contribution is -0.0511. The first-order valence-electron chi connectivity index (χ1n) is 5.86. The molecule has 0 heterocycles. The van der Waals surface area contributed by atoms with Crippen LogP contribution in [0.15, 0.2) is 18.2 Å². The van der Waals surface area contributed by atoms with Crippen LogP contribution < -0.4 is 11.1 Å². The summed E-state index contributed by atoms with van der Waals surface area (Å²) in [7, 11) is 0. The maximum Gasteiger partial charge on any atom is 0.248 e. The summed E-state index contributed by atoms with van der Waals surface area (Å²) in [5.74, 6) is -1.02. The van der Waals surface area contributed by atoms with Crippen molar-refractivity contribution in [2.24, 2.45) is 11.1 Å². The number of anilines is 1. The average molecular weight is 252 g/mol. The first-order valence-corrected chi connectivity index (χ1v) is 5.86. The van der Waals surface area contributed by atoms with Crippen molar-refractivity contribution in [3.8, 4) is 0 Å². The number of carbonyl (C=O) groups excluding carboxylic acids is 1. The van der Waals surface area contributed by atoms with Gasteiger partial charge in [-0.15, -0.1) is 0 Å². The van der Waals surface area contributed by atoms with Crippen LogP contribution >= 0.6 is 0 Å². The summed E-state index contributed by atoms with van der Waals surface area (Å²) in [6.45, 7) is 3.82. The second-order valence-electron chi connectivity index (χ2n) is 5.33. The molecule has 4 nitrogen and oxygen atoms in total. The highest BCUT2D eigenvalue weighted by Gasteiger charge is 2.47. The zero-order valence-corrected chi connectivity index (χ0v) is 10.4. The van der Waals surface area contributed by atoms with Gasteiger partial charge in [0.15, 0.2) is 0 Å². The Kier molecular flexibility index (Phi) is 3.02. The molecule has 0 saturated heterocycles. The number of primary amides is 1. The Labute approximate surface area is 105 Å². The molecule has 0 radical (unpaired) electrons. The molecule has 1 aliphatic carbocycles. The van der Waals surface area contributed by atoms with Crippen molar-refractivity contribution >= 4 is 11.6 Å². The Morgan fingerprint density at radius 3 is 2.72 bits per heavy atom. The molecule has 2 unspecified atom stereocenters. The summed E-state index contributed by atoms with van der Waals surface area (Å²) in [5.41, 5.74) is 5.35. The van der Waals surface area contributed by atoms with Crippen LogP contribution in [0.4, 0.5) is 10.1 Å². The van der Waals surface area contributed by atoms with E-state index in [1.165, 1.54) is 18.2 Å². The van der Waals surface area contributed by atoms with Gasteiger partial charge in [-0.25, -0.2) is 4.39 Å². The molecule has 0 aromatic heterocycles. The number of carbonyl (C=O) groups is 1. The number of amides is 1. The minimum Gasteiger partial charge on any atom is -0.392 e. The molecule has 1 aliphatic rings. The zero-order chi connectivity index (χ0) is 13.5. The average Bonchev–Trinajstić information content (AvgIpc) is 2.30. The molecule has 1 fully saturated rings. The molecule has 2 rings (SSSR count). The zero-order valence-electron chi connectivity index (χ0n) is 10.4. The molecule has 98 valence electrons. The summed E-state index contributed by atoms with van der Waals surface area (Å²) in [6, 6.07) is 3.94. The summed E-state index contributed by atoms with van der Waals surface area (Å²) in [5, 5.41) is 12.6. The van der Waals surface area contributed by atoms with Gasteiger partial charge in [-0.1, -0.05) is 13.8 Å². The van der Waals surface area contributed by atoms with Crippen LogP contribution in [0.3, 0.4) is 0 Å². The predicted molar refractivity (Wildman–Crippen MR) is 66.7 cm³/mol. The molecule has 1 aromatic rings. The molecule has 1 amide bonds. The first-order chi connectivity index (χ1) is 8.32. The number of nitrogens with one attached hydrogen (secondary N) is 1. The van der Waals surface area contributed by atoms with Gasteiger partial charge >= 0.3 is 0 Å². The Hall–Kier alpha value is -1.62. The number of hydrogen-bond acceptors (Lipinski definition) is 3. The molecule has 4 N–H and O–H groups in total. The molecule has 0 bridgehead atoms. The van der Waals surface area contributed by atoms with E-state index in [1.54, 1.807) is 0 Å². The Balaban J connectivity index is 2.19. The van der Waals surface area contributed by atoms with Gasteiger partial charge in [0, 0.05) is 17.0 Å². The summed E-state index contributed by atoms with van der Waals surface area (Å²) < 4.78 is 13.6. The second-order valence-corrected chi connectivity index (χ2v) is 5.33. The molecule has 5 heteroatoms. The number of hydrogen-bond donors (Lipinski definition) is 3. The second kappa shape index (κ2) is 4.24. The van der Waals surface area contributed by atoms with Gasteiger partial charge in [0.05, 0.1) is 11.8 Å². The number of rotatable bonds is 3. The number of aliphatic hydroxyl groups excluding tert-OH is 1. The topological polar surface area (TPSA) is 75.3 Å². The minimum atomic E-state index is -0.592. The first kappa shape index (κ1) is 12.8. The summed E-state index contributed by atoms with van der Waals surface area (Å²) in [4.78, 5) is 11.0. The highest BCUT2D eigenvalue weighted by Crippen LogP contribution is 2.42. The maximum atomic E-state index is 13.6. The lowest BCUT2D eigenvalue weighted by Crippen LogP contribution is -2.57. The van der Waals surface area contributed by atoms with Crippen molar-refractivity contribution < 1.29 is 14.3 Å². The van der Waals surface area contributed by atoms with Gasteiger partial charge < -0.3 is 16.2 Å². The lowest BCUT2D eigenvalue weighted by atomic mass is 9.64. The number of halogens is 1. The van der Waals surface area contributed by atoms with Gasteiger partial charge in [-0.3, -0.25) is 4.79 Å². The molecule has 1 saturated carbocycles. The maximum absolute atomic E-state index is 13.6. The molecule has 2 atom stereocenters. The number of nitrogens with two attached hydrogens (primary N) is 1. The SMILES string of the molecule is CC1(C)C(O)CC1Nc1cc(C(N)=O)ccc1F. The van der Waals surface area contributed by atoms with Crippen LogP contribution in [0.5, 0.6) is 0 Å². The van der Waals surface area contributed by atoms with Gasteiger partial charge in [0.2, 0.25) is 5.91 Å². The van der Waals surface area contributed by atoms with Crippen LogP contribution in [0.1, 0.15) is 30.6 Å². The van der Waals surface area contributed by atoms with E-state index in [9.17, 15) is 14.3 Å². The Bertz CT molecular complexity index is 488. The number of benzene rings is 1. The monoisotopic (exact) mass is 252 g/mol. The van der Waals surface area contributed by atoms with Crippen molar-refractivity contribution in [3.63, 3.8) is 0 Å². The van der Waals surface area contributed by atoms with E-state index in [0.717, 1.165) is 0 Å². The molecular formula is C13H17FN2O2. The predicted octanol–water partition coefficient (Wildman–Crippen LogP) is 1.50. The fraction of sp³-hybridized carbons (Fsp3) is 0.462. The van der Waals surface area contributed by atoms with Crippen molar-refractivity contribution in [2.75, 3.05) is 5.32 Å². The van der Waals surface area contributed by atoms with E-state index < -0.39 is 17.8 Å². The van der Waals surface area contributed by atoms with Gasteiger partial charge in [0.1, 0.15) is 5.82 Å².